The zero-order valence-corrected chi connectivity index (χ0v) is 12.9. The Labute approximate surface area is 126 Å². The number of amides is 1. The van der Waals surface area contributed by atoms with E-state index in [9.17, 15) is 9.18 Å². The lowest BCUT2D eigenvalue weighted by molar-refractivity contribution is 0.0736. The van der Waals surface area contributed by atoms with E-state index < -0.39 is 5.82 Å². The number of benzene rings is 1. The van der Waals surface area contributed by atoms with Crippen LogP contribution in [-0.2, 0) is 0 Å². The standard InChI is InChI=1S/C17H23FN2O/c1-4-13(3)12-20(5-2)17(21)15-11-14(7-6-10-19)8-9-16(15)18/h8-9,11,13H,4-5,10,12,19H2,1-3H3. The highest BCUT2D eigenvalue weighted by Gasteiger charge is 2.19. The Morgan fingerprint density at radius 3 is 2.71 bits per heavy atom. The fourth-order valence-electron chi connectivity index (χ4n) is 1.95. The third-order valence-corrected chi connectivity index (χ3v) is 3.43. The maximum absolute atomic E-state index is 13.9. The Bertz CT molecular complexity index is 545. The van der Waals surface area contributed by atoms with E-state index in [0.717, 1.165) is 6.42 Å². The van der Waals surface area contributed by atoms with Crippen molar-refractivity contribution in [3.63, 3.8) is 0 Å². The van der Waals surface area contributed by atoms with Crippen molar-refractivity contribution in [2.45, 2.75) is 27.2 Å². The highest BCUT2D eigenvalue weighted by molar-refractivity contribution is 5.94. The zero-order chi connectivity index (χ0) is 15.8. The molecule has 0 radical (unpaired) electrons. The molecule has 0 fully saturated rings. The Hall–Kier alpha value is -1.86. The van der Waals surface area contributed by atoms with Crippen molar-refractivity contribution in [3.05, 3.63) is 35.1 Å². The van der Waals surface area contributed by atoms with Gasteiger partial charge < -0.3 is 10.6 Å². The summed E-state index contributed by atoms with van der Waals surface area (Å²) >= 11 is 0. The molecule has 1 aromatic rings. The minimum absolute atomic E-state index is 0.0731. The van der Waals surface area contributed by atoms with Gasteiger partial charge in [0.25, 0.3) is 5.91 Å². The highest BCUT2D eigenvalue weighted by Crippen LogP contribution is 2.15. The molecule has 0 aliphatic carbocycles. The van der Waals surface area contributed by atoms with Crippen molar-refractivity contribution in [3.8, 4) is 11.8 Å². The average molecular weight is 290 g/mol. The summed E-state index contributed by atoms with van der Waals surface area (Å²) < 4.78 is 13.9. The SMILES string of the molecule is CCC(C)CN(CC)C(=O)c1cc(C#CCN)ccc1F. The second-order valence-electron chi connectivity index (χ2n) is 5.06. The van der Waals surface area contributed by atoms with E-state index in [1.807, 2.05) is 6.92 Å². The average Bonchev–Trinajstić information content (AvgIpc) is 2.50. The predicted octanol–water partition coefficient (Wildman–Crippen LogP) is 2.64. The van der Waals surface area contributed by atoms with Crippen LogP contribution in [-0.4, -0.2) is 30.4 Å². The fraction of sp³-hybridized carbons (Fsp3) is 0.471. The number of hydrogen-bond donors (Lipinski definition) is 1. The number of hydrogen-bond acceptors (Lipinski definition) is 2. The molecule has 1 aromatic carbocycles. The number of rotatable bonds is 5. The van der Waals surface area contributed by atoms with Crippen molar-refractivity contribution in [2.24, 2.45) is 11.7 Å². The van der Waals surface area contributed by atoms with Crippen LogP contribution in [0.25, 0.3) is 0 Å². The topological polar surface area (TPSA) is 46.3 Å². The van der Waals surface area contributed by atoms with Crippen LogP contribution in [0.4, 0.5) is 4.39 Å². The molecule has 1 amide bonds. The van der Waals surface area contributed by atoms with Gasteiger partial charge in [0.15, 0.2) is 0 Å². The Kier molecular flexibility index (Phi) is 6.90. The van der Waals surface area contributed by atoms with E-state index >= 15 is 0 Å². The smallest absolute Gasteiger partial charge is 0.256 e. The zero-order valence-electron chi connectivity index (χ0n) is 12.9. The van der Waals surface area contributed by atoms with Gasteiger partial charge in [-0.25, -0.2) is 4.39 Å². The molecule has 1 unspecified atom stereocenters. The first-order valence-corrected chi connectivity index (χ1v) is 7.31. The summed E-state index contributed by atoms with van der Waals surface area (Å²) in [5.41, 5.74) is 6.00. The molecule has 0 heterocycles. The van der Waals surface area contributed by atoms with Gasteiger partial charge in [-0.3, -0.25) is 4.79 Å². The van der Waals surface area contributed by atoms with Crippen LogP contribution in [0, 0.1) is 23.6 Å². The summed E-state index contributed by atoms with van der Waals surface area (Å²) in [5, 5.41) is 0. The summed E-state index contributed by atoms with van der Waals surface area (Å²) in [6.07, 6.45) is 0.980. The summed E-state index contributed by atoms with van der Waals surface area (Å²) in [5.74, 6) is 5.12. The van der Waals surface area contributed by atoms with Crippen LogP contribution in [0.5, 0.6) is 0 Å². The van der Waals surface area contributed by atoms with Gasteiger partial charge in [-0.05, 0) is 31.0 Å². The van der Waals surface area contributed by atoms with Gasteiger partial charge in [-0.1, -0.05) is 32.1 Å². The van der Waals surface area contributed by atoms with Gasteiger partial charge >= 0.3 is 0 Å². The van der Waals surface area contributed by atoms with E-state index in [1.165, 1.54) is 12.1 Å². The van der Waals surface area contributed by atoms with Crippen LogP contribution in [0.15, 0.2) is 18.2 Å². The molecule has 21 heavy (non-hydrogen) atoms. The lowest BCUT2D eigenvalue weighted by Crippen LogP contribution is -2.35. The van der Waals surface area contributed by atoms with Crippen molar-refractivity contribution >= 4 is 5.91 Å². The fourth-order valence-corrected chi connectivity index (χ4v) is 1.95. The Morgan fingerprint density at radius 2 is 2.14 bits per heavy atom. The van der Waals surface area contributed by atoms with Crippen molar-refractivity contribution < 1.29 is 9.18 Å². The van der Waals surface area contributed by atoms with Crippen molar-refractivity contribution in [2.75, 3.05) is 19.6 Å². The minimum Gasteiger partial charge on any atom is -0.339 e. The second kappa shape index (κ2) is 8.43. The molecule has 1 rings (SSSR count). The summed E-state index contributed by atoms with van der Waals surface area (Å²) in [4.78, 5) is 14.2. The molecule has 4 heteroatoms. The molecule has 2 N–H and O–H groups in total. The Balaban J connectivity index is 3.03. The predicted molar refractivity (Wildman–Crippen MR) is 83.4 cm³/mol. The summed E-state index contributed by atoms with van der Waals surface area (Å²) in [6, 6.07) is 4.34. The maximum atomic E-state index is 13.9. The maximum Gasteiger partial charge on any atom is 0.256 e. The number of nitrogens with two attached hydrogens (primary N) is 1. The molecule has 1 atom stereocenters. The van der Waals surface area contributed by atoms with Gasteiger partial charge in [0.2, 0.25) is 0 Å². The van der Waals surface area contributed by atoms with Crippen LogP contribution in [0.1, 0.15) is 43.1 Å². The number of carbonyl (C=O) groups excluding carboxylic acids is 1. The van der Waals surface area contributed by atoms with Gasteiger partial charge in [-0.2, -0.15) is 0 Å². The third-order valence-electron chi connectivity index (χ3n) is 3.43. The van der Waals surface area contributed by atoms with Gasteiger partial charge in [0.1, 0.15) is 5.82 Å². The first-order chi connectivity index (χ1) is 10.0. The van der Waals surface area contributed by atoms with Crippen molar-refractivity contribution in [1.82, 2.24) is 4.90 Å². The first-order valence-electron chi connectivity index (χ1n) is 7.31. The largest absolute Gasteiger partial charge is 0.339 e. The monoisotopic (exact) mass is 290 g/mol. The molecule has 0 aliphatic rings. The molecule has 0 bridgehead atoms. The molecular weight excluding hydrogens is 267 g/mol. The van der Waals surface area contributed by atoms with E-state index in [4.69, 9.17) is 5.73 Å². The molecule has 3 nitrogen and oxygen atoms in total. The number of halogens is 1. The van der Waals surface area contributed by atoms with Gasteiger partial charge in [0, 0.05) is 18.7 Å². The number of nitrogens with zero attached hydrogens (tertiary/aromatic N) is 1. The summed E-state index contributed by atoms with van der Waals surface area (Å²) in [7, 11) is 0. The van der Waals surface area contributed by atoms with Gasteiger partial charge in [-0.15, -0.1) is 0 Å². The van der Waals surface area contributed by atoms with Gasteiger partial charge in [0.05, 0.1) is 12.1 Å². The lowest BCUT2D eigenvalue weighted by atomic mass is 10.1. The van der Waals surface area contributed by atoms with Crippen LogP contribution < -0.4 is 5.73 Å². The minimum atomic E-state index is -0.513. The van der Waals surface area contributed by atoms with Crippen LogP contribution in [0.3, 0.4) is 0 Å². The molecular formula is C17H23FN2O. The number of carbonyl (C=O) groups is 1. The van der Waals surface area contributed by atoms with Crippen molar-refractivity contribution in [1.29, 1.82) is 0 Å². The third kappa shape index (κ3) is 4.87. The first kappa shape index (κ1) is 17.2. The Morgan fingerprint density at radius 1 is 1.43 bits per heavy atom. The molecule has 0 aliphatic heterocycles. The molecule has 0 saturated heterocycles. The van der Waals surface area contributed by atoms with Crippen LogP contribution >= 0.6 is 0 Å². The van der Waals surface area contributed by atoms with Crippen LogP contribution in [0.2, 0.25) is 0 Å². The molecule has 0 saturated carbocycles. The lowest BCUT2D eigenvalue weighted by Gasteiger charge is -2.24. The van der Waals surface area contributed by atoms with E-state index in [2.05, 4.69) is 25.7 Å². The molecule has 0 spiro atoms. The quantitative estimate of drug-likeness (QED) is 0.847. The summed E-state index contributed by atoms with van der Waals surface area (Å²) in [6.45, 7) is 7.47. The van der Waals surface area contributed by atoms with E-state index in [1.54, 1.807) is 11.0 Å². The van der Waals surface area contributed by atoms with E-state index in [-0.39, 0.29) is 18.0 Å². The van der Waals surface area contributed by atoms with E-state index in [0.29, 0.717) is 24.6 Å². The highest BCUT2D eigenvalue weighted by atomic mass is 19.1. The second-order valence-corrected chi connectivity index (χ2v) is 5.06. The molecule has 0 aromatic heterocycles. The molecule has 114 valence electrons. The normalized spacial score (nSPS) is 11.5.